The number of rotatable bonds is 2. The number of nitrogens with zero attached hydrogens (tertiary/aromatic N) is 2. The Kier molecular flexibility index (Phi) is 3.85. The smallest absolute Gasteiger partial charge is 0.129 e. The molecule has 0 aliphatic carbocycles. The molecule has 0 bridgehead atoms. The Hall–Kier alpha value is -1.16. The quantitative estimate of drug-likeness (QED) is 0.833. The number of aromatic nitrogens is 1. The summed E-state index contributed by atoms with van der Waals surface area (Å²) in [6, 6.07) is 3.87. The van der Waals surface area contributed by atoms with Gasteiger partial charge in [-0.15, -0.1) is 0 Å². The Labute approximate surface area is 114 Å². The van der Waals surface area contributed by atoms with Gasteiger partial charge in [-0.05, 0) is 36.8 Å². The highest BCUT2D eigenvalue weighted by Crippen LogP contribution is 2.31. The van der Waals surface area contributed by atoms with Crippen molar-refractivity contribution < 1.29 is 0 Å². The van der Waals surface area contributed by atoms with Crippen molar-refractivity contribution in [3.05, 3.63) is 23.9 Å². The highest BCUT2D eigenvalue weighted by atomic mass is 32.1. The van der Waals surface area contributed by atoms with Gasteiger partial charge in [-0.2, -0.15) is 0 Å². The van der Waals surface area contributed by atoms with Crippen LogP contribution in [0, 0.1) is 5.41 Å². The number of hydrogen-bond acceptors (Lipinski definition) is 3. The van der Waals surface area contributed by atoms with Crippen LogP contribution in [0.3, 0.4) is 0 Å². The fourth-order valence-corrected chi connectivity index (χ4v) is 2.52. The number of thiocarbonyl (C=S) groups is 1. The lowest BCUT2D eigenvalue weighted by Crippen LogP contribution is -2.26. The van der Waals surface area contributed by atoms with Gasteiger partial charge in [0.2, 0.25) is 0 Å². The van der Waals surface area contributed by atoms with Crippen molar-refractivity contribution in [3.63, 3.8) is 0 Å². The SMILES string of the molecule is CC1(C)CCCN(c2cc(C(N)=S)ccn2)CC1. The van der Waals surface area contributed by atoms with Crippen molar-refractivity contribution in [2.24, 2.45) is 11.1 Å². The Bertz CT molecular complexity index is 442. The van der Waals surface area contributed by atoms with Gasteiger partial charge in [0.05, 0.1) is 0 Å². The van der Waals surface area contributed by atoms with Gasteiger partial charge >= 0.3 is 0 Å². The minimum atomic E-state index is 0.439. The van der Waals surface area contributed by atoms with E-state index in [-0.39, 0.29) is 0 Å². The van der Waals surface area contributed by atoms with Crippen LogP contribution in [-0.4, -0.2) is 23.1 Å². The fourth-order valence-electron chi connectivity index (χ4n) is 2.40. The molecule has 1 aliphatic heterocycles. The number of anilines is 1. The first kappa shape index (κ1) is 13.3. The standard InChI is InChI=1S/C14H21N3S/c1-14(2)5-3-8-17(9-6-14)12-10-11(13(15)18)4-7-16-12/h4,7,10H,3,5-6,8-9H2,1-2H3,(H2,15,18). The lowest BCUT2D eigenvalue weighted by Gasteiger charge is -2.24. The molecular weight excluding hydrogens is 242 g/mol. The zero-order chi connectivity index (χ0) is 13.2. The zero-order valence-electron chi connectivity index (χ0n) is 11.1. The van der Waals surface area contributed by atoms with E-state index in [1.165, 1.54) is 19.3 Å². The highest BCUT2D eigenvalue weighted by molar-refractivity contribution is 7.80. The first-order chi connectivity index (χ1) is 8.48. The molecule has 1 aromatic heterocycles. The normalized spacial score (nSPS) is 19.3. The summed E-state index contributed by atoms with van der Waals surface area (Å²) in [4.78, 5) is 7.23. The Balaban J connectivity index is 2.16. The first-order valence-corrected chi connectivity index (χ1v) is 6.90. The third-order valence-electron chi connectivity index (χ3n) is 3.69. The first-order valence-electron chi connectivity index (χ1n) is 6.49. The second-order valence-electron chi connectivity index (χ2n) is 5.77. The molecule has 0 unspecified atom stereocenters. The largest absolute Gasteiger partial charge is 0.389 e. The molecule has 98 valence electrons. The summed E-state index contributed by atoms with van der Waals surface area (Å²) in [6.07, 6.45) is 5.48. The molecule has 0 saturated carbocycles. The topological polar surface area (TPSA) is 42.1 Å². The minimum Gasteiger partial charge on any atom is -0.389 e. The molecule has 4 heteroatoms. The Morgan fingerprint density at radius 3 is 2.89 bits per heavy atom. The molecule has 1 saturated heterocycles. The van der Waals surface area contributed by atoms with Crippen LogP contribution in [0.4, 0.5) is 5.82 Å². The van der Waals surface area contributed by atoms with E-state index in [2.05, 4.69) is 23.7 Å². The molecule has 0 spiro atoms. The van der Waals surface area contributed by atoms with Gasteiger partial charge in [-0.1, -0.05) is 26.1 Å². The lowest BCUT2D eigenvalue weighted by molar-refractivity contribution is 0.325. The molecule has 2 heterocycles. The van der Waals surface area contributed by atoms with Crippen LogP contribution in [-0.2, 0) is 0 Å². The fraction of sp³-hybridized carbons (Fsp3) is 0.571. The number of hydrogen-bond donors (Lipinski definition) is 1. The molecule has 0 aromatic carbocycles. The maximum atomic E-state index is 5.67. The minimum absolute atomic E-state index is 0.439. The van der Waals surface area contributed by atoms with Crippen molar-refractivity contribution in [1.82, 2.24) is 4.98 Å². The lowest BCUT2D eigenvalue weighted by atomic mass is 9.85. The molecule has 0 radical (unpaired) electrons. The van der Waals surface area contributed by atoms with Gasteiger partial charge in [0, 0.05) is 24.8 Å². The predicted molar refractivity (Wildman–Crippen MR) is 80.0 cm³/mol. The monoisotopic (exact) mass is 263 g/mol. The van der Waals surface area contributed by atoms with Crippen molar-refractivity contribution in [2.45, 2.75) is 33.1 Å². The van der Waals surface area contributed by atoms with E-state index in [4.69, 9.17) is 18.0 Å². The van der Waals surface area contributed by atoms with E-state index in [0.717, 1.165) is 24.5 Å². The van der Waals surface area contributed by atoms with Gasteiger partial charge in [-0.3, -0.25) is 0 Å². The molecule has 2 rings (SSSR count). The van der Waals surface area contributed by atoms with Gasteiger partial charge in [0.25, 0.3) is 0 Å². The predicted octanol–water partition coefficient (Wildman–Crippen LogP) is 2.73. The van der Waals surface area contributed by atoms with E-state index >= 15 is 0 Å². The molecule has 1 aromatic rings. The molecule has 0 atom stereocenters. The summed E-state index contributed by atoms with van der Waals surface area (Å²) in [7, 11) is 0. The Morgan fingerprint density at radius 2 is 2.17 bits per heavy atom. The summed E-state index contributed by atoms with van der Waals surface area (Å²) in [5.74, 6) is 0.998. The van der Waals surface area contributed by atoms with Gasteiger partial charge in [0.1, 0.15) is 10.8 Å². The summed E-state index contributed by atoms with van der Waals surface area (Å²) >= 11 is 5.02. The number of pyridine rings is 1. The highest BCUT2D eigenvalue weighted by Gasteiger charge is 2.23. The van der Waals surface area contributed by atoms with Crippen LogP contribution >= 0.6 is 12.2 Å². The maximum absolute atomic E-state index is 5.67. The molecule has 1 aliphatic rings. The molecule has 3 nitrogen and oxygen atoms in total. The molecule has 1 fully saturated rings. The maximum Gasteiger partial charge on any atom is 0.129 e. The average Bonchev–Trinajstić information content (AvgIpc) is 2.50. The van der Waals surface area contributed by atoms with E-state index in [1.54, 1.807) is 6.20 Å². The number of nitrogens with two attached hydrogens (primary N) is 1. The second kappa shape index (κ2) is 5.22. The van der Waals surface area contributed by atoms with Crippen LogP contribution in [0.15, 0.2) is 18.3 Å². The molecule has 18 heavy (non-hydrogen) atoms. The average molecular weight is 263 g/mol. The van der Waals surface area contributed by atoms with Crippen LogP contribution in [0.5, 0.6) is 0 Å². The summed E-state index contributed by atoms with van der Waals surface area (Å²) in [5, 5.41) is 0. The van der Waals surface area contributed by atoms with Crippen LogP contribution < -0.4 is 10.6 Å². The third kappa shape index (κ3) is 3.19. The zero-order valence-corrected chi connectivity index (χ0v) is 12.0. The molecular formula is C14H21N3S. The van der Waals surface area contributed by atoms with Crippen molar-refractivity contribution in [1.29, 1.82) is 0 Å². The summed E-state index contributed by atoms with van der Waals surface area (Å²) < 4.78 is 0. The third-order valence-corrected chi connectivity index (χ3v) is 3.93. The van der Waals surface area contributed by atoms with E-state index in [9.17, 15) is 0 Å². The molecule has 2 N–H and O–H groups in total. The van der Waals surface area contributed by atoms with E-state index < -0.39 is 0 Å². The second-order valence-corrected chi connectivity index (χ2v) is 6.21. The van der Waals surface area contributed by atoms with Gasteiger partial charge in [-0.25, -0.2) is 4.98 Å². The van der Waals surface area contributed by atoms with Crippen molar-refractivity contribution >= 4 is 23.0 Å². The van der Waals surface area contributed by atoms with Crippen LogP contribution in [0.2, 0.25) is 0 Å². The van der Waals surface area contributed by atoms with Gasteiger partial charge < -0.3 is 10.6 Å². The van der Waals surface area contributed by atoms with Crippen LogP contribution in [0.1, 0.15) is 38.7 Å². The Morgan fingerprint density at radius 1 is 1.39 bits per heavy atom. The summed E-state index contributed by atoms with van der Waals surface area (Å²) in [6.45, 7) is 6.81. The summed E-state index contributed by atoms with van der Waals surface area (Å²) in [5.41, 5.74) is 7.01. The molecule has 0 amide bonds. The van der Waals surface area contributed by atoms with Crippen LogP contribution in [0.25, 0.3) is 0 Å². The van der Waals surface area contributed by atoms with Gasteiger partial charge in [0.15, 0.2) is 0 Å². The van der Waals surface area contributed by atoms with E-state index in [0.29, 0.717) is 10.4 Å². The van der Waals surface area contributed by atoms with Crippen molar-refractivity contribution in [3.8, 4) is 0 Å². The van der Waals surface area contributed by atoms with Crippen molar-refractivity contribution in [2.75, 3.05) is 18.0 Å². The van der Waals surface area contributed by atoms with E-state index in [1.807, 2.05) is 12.1 Å².